The van der Waals surface area contributed by atoms with Crippen molar-refractivity contribution in [3.63, 3.8) is 0 Å². The summed E-state index contributed by atoms with van der Waals surface area (Å²) in [6.45, 7) is 6.54. The van der Waals surface area contributed by atoms with Gasteiger partial charge < -0.3 is 20.5 Å². The SMILES string of the molecule is CCNC(=NCc1ccccc1OCC)NCC1(O)CCCC1.I. The number of ether oxygens (including phenoxy) is 1. The third kappa shape index (κ3) is 6.47. The summed E-state index contributed by atoms with van der Waals surface area (Å²) in [5.41, 5.74) is 0.477. The molecule has 0 heterocycles. The van der Waals surface area contributed by atoms with Crippen LogP contribution in [0, 0.1) is 0 Å². The summed E-state index contributed by atoms with van der Waals surface area (Å²) < 4.78 is 5.64. The van der Waals surface area contributed by atoms with Crippen molar-refractivity contribution in [3.05, 3.63) is 29.8 Å². The number of guanidine groups is 1. The van der Waals surface area contributed by atoms with Crippen LogP contribution >= 0.6 is 24.0 Å². The molecule has 1 aromatic rings. The molecule has 0 radical (unpaired) electrons. The molecule has 0 atom stereocenters. The minimum atomic E-state index is -0.584. The van der Waals surface area contributed by atoms with Crippen LogP contribution in [-0.2, 0) is 6.54 Å². The minimum absolute atomic E-state index is 0. The van der Waals surface area contributed by atoms with Crippen molar-refractivity contribution in [2.45, 2.75) is 51.7 Å². The third-order valence-electron chi connectivity index (χ3n) is 4.14. The van der Waals surface area contributed by atoms with Gasteiger partial charge in [0.2, 0.25) is 0 Å². The summed E-state index contributed by atoms with van der Waals surface area (Å²) in [5, 5.41) is 16.9. The Morgan fingerprint density at radius 3 is 2.58 bits per heavy atom. The average molecular weight is 447 g/mol. The van der Waals surface area contributed by atoms with Gasteiger partial charge in [-0.15, -0.1) is 24.0 Å². The summed E-state index contributed by atoms with van der Waals surface area (Å²) in [6, 6.07) is 7.96. The highest BCUT2D eigenvalue weighted by atomic mass is 127. The zero-order valence-electron chi connectivity index (χ0n) is 14.7. The van der Waals surface area contributed by atoms with E-state index in [0.29, 0.717) is 19.7 Å². The van der Waals surface area contributed by atoms with Gasteiger partial charge in [0.1, 0.15) is 5.75 Å². The van der Waals surface area contributed by atoms with Crippen LogP contribution in [0.3, 0.4) is 0 Å². The molecule has 0 saturated heterocycles. The molecule has 1 aliphatic rings. The van der Waals surface area contributed by atoms with Crippen molar-refractivity contribution in [1.82, 2.24) is 10.6 Å². The highest BCUT2D eigenvalue weighted by molar-refractivity contribution is 14.0. The Labute approximate surface area is 162 Å². The molecule has 6 heteroatoms. The molecule has 1 aromatic carbocycles. The largest absolute Gasteiger partial charge is 0.494 e. The predicted octanol–water partition coefficient (Wildman–Crippen LogP) is 3.06. The molecule has 0 spiro atoms. The highest BCUT2D eigenvalue weighted by Crippen LogP contribution is 2.28. The van der Waals surface area contributed by atoms with E-state index in [2.05, 4.69) is 15.6 Å². The Morgan fingerprint density at radius 2 is 1.92 bits per heavy atom. The molecule has 1 aliphatic carbocycles. The molecule has 24 heavy (non-hydrogen) atoms. The number of aliphatic hydroxyl groups is 1. The first-order valence-electron chi connectivity index (χ1n) is 8.62. The summed E-state index contributed by atoms with van der Waals surface area (Å²) in [7, 11) is 0. The van der Waals surface area contributed by atoms with E-state index in [1.807, 2.05) is 38.1 Å². The molecular weight excluding hydrogens is 417 g/mol. The molecule has 0 amide bonds. The number of para-hydroxylation sites is 1. The van der Waals surface area contributed by atoms with E-state index in [1.165, 1.54) is 0 Å². The number of hydrogen-bond donors (Lipinski definition) is 3. The average Bonchev–Trinajstić information content (AvgIpc) is 2.99. The van der Waals surface area contributed by atoms with Crippen molar-refractivity contribution >= 4 is 29.9 Å². The van der Waals surface area contributed by atoms with E-state index in [-0.39, 0.29) is 24.0 Å². The molecule has 5 nitrogen and oxygen atoms in total. The normalized spacial score (nSPS) is 16.4. The molecule has 0 unspecified atom stereocenters. The molecule has 0 bridgehead atoms. The second kappa shape index (κ2) is 10.8. The fourth-order valence-corrected chi connectivity index (χ4v) is 2.89. The van der Waals surface area contributed by atoms with Crippen LogP contribution < -0.4 is 15.4 Å². The van der Waals surface area contributed by atoms with Crippen LogP contribution in [0.15, 0.2) is 29.3 Å². The van der Waals surface area contributed by atoms with Crippen LogP contribution in [0.25, 0.3) is 0 Å². The monoisotopic (exact) mass is 447 g/mol. The smallest absolute Gasteiger partial charge is 0.191 e. The third-order valence-corrected chi connectivity index (χ3v) is 4.14. The van der Waals surface area contributed by atoms with Gasteiger partial charge in [-0.05, 0) is 32.8 Å². The molecule has 1 saturated carbocycles. The van der Waals surface area contributed by atoms with Crippen molar-refractivity contribution in [2.75, 3.05) is 19.7 Å². The standard InChI is InChI=1S/C18H29N3O2.HI/c1-3-19-17(21-14-18(22)11-7-8-12-18)20-13-15-9-5-6-10-16(15)23-4-2;/h5-6,9-10,22H,3-4,7-8,11-14H2,1-2H3,(H2,19,20,21);1H. The molecule has 136 valence electrons. The van der Waals surface area contributed by atoms with E-state index in [0.717, 1.165) is 49.5 Å². The first kappa shape index (κ1) is 21.0. The van der Waals surface area contributed by atoms with Crippen LogP contribution in [0.2, 0.25) is 0 Å². The lowest BCUT2D eigenvalue weighted by Crippen LogP contribution is -2.46. The lowest BCUT2D eigenvalue weighted by Gasteiger charge is -2.23. The maximum absolute atomic E-state index is 10.4. The fourth-order valence-electron chi connectivity index (χ4n) is 2.89. The topological polar surface area (TPSA) is 65.9 Å². The van der Waals surface area contributed by atoms with Crippen LogP contribution in [0.5, 0.6) is 5.75 Å². The number of nitrogens with one attached hydrogen (secondary N) is 2. The minimum Gasteiger partial charge on any atom is -0.494 e. The summed E-state index contributed by atoms with van der Waals surface area (Å²) in [4.78, 5) is 4.62. The number of aliphatic imine (C=N–C) groups is 1. The van der Waals surface area contributed by atoms with Gasteiger partial charge in [-0.3, -0.25) is 0 Å². The summed E-state index contributed by atoms with van der Waals surface area (Å²) in [6.07, 6.45) is 3.94. The molecule has 1 fully saturated rings. The number of hydrogen-bond acceptors (Lipinski definition) is 3. The molecule has 3 N–H and O–H groups in total. The Balaban J connectivity index is 0.00000288. The summed E-state index contributed by atoms with van der Waals surface area (Å²) in [5.74, 6) is 1.61. The van der Waals surface area contributed by atoms with Crippen molar-refractivity contribution in [3.8, 4) is 5.75 Å². The Hall–Kier alpha value is -1.02. The number of nitrogens with zero attached hydrogens (tertiary/aromatic N) is 1. The van der Waals surface area contributed by atoms with Gasteiger partial charge in [0.05, 0.1) is 18.8 Å². The molecule has 0 aliphatic heterocycles. The summed E-state index contributed by atoms with van der Waals surface area (Å²) >= 11 is 0. The first-order valence-corrected chi connectivity index (χ1v) is 8.62. The van der Waals surface area contributed by atoms with Crippen molar-refractivity contribution in [2.24, 2.45) is 4.99 Å². The van der Waals surface area contributed by atoms with Gasteiger partial charge in [-0.1, -0.05) is 31.0 Å². The number of rotatable bonds is 7. The Morgan fingerprint density at radius 1 is 1.21 bits per heavy atom. The van der Waals surface area contributed by atoms with Gasteiger partial charge in [0.25, 0.3) is 0 Å². The maximum Gasteiger partial charge on any atom is 0.191 e. The highest BCUT2D eigenvalue weighted by Gasteiger charge is 2.30. The van der Waals surface area contributed by atoms with E-state index >= 15 is 0 Å². The van der Waals surface area contributed by atoms with Gasteiger partial charge in [-0.2, -0.15) is 0 Å². The lowest BCUT2D eigenvalue weighted by atomic mass is 10.0. The van der Waals surface area contributed by atoms with Gasteiger partial charge >= 0.3 is 0 Å². The van der Waals surface area contributed by atoms with E-state index in [9.17, 15) is 5.11 Å². The Kier molecular flexibility index (Phi) is 9.43. The van der Waals surface area contributed by atoms with Gasteiger partial charge in [0.15, 0.2) is 5.96 Å². The molecule has 0 aromatic heterocycles. The zero-order chi connectivity index (χ0) is 16.5. The van der Waals surface area contributed by atoms with Crippen molar-refractivity contribution < 1.29 is 9.84 Å². The van der Waals surface area contributed by atoms with Crippen LogP contribution in [0.1, 0.15) is 45.1 Å². The van der Waals surface area contributed by atoms with E-state index < -0.39 is 5.60 Å². The zero-order valence-corrected chi connectivity index (χ0v) is 17.0. The second-order valence-electron chi connectivity index (χ2n) is 6.02. The maximum atomic E-state index is 10.4. The number of halogens is 1. The quantitative estimate of drug-likeness (QED) is 0.342. The van der Waals surface area contributed by atoms with Gasteiger partial charge in [0, 0.05) is 18.7 Å². The van der Waals surface area contributed by atoms with E-state index in [1.54, 1.807) is 0 Å². The number of benzene rings is 1. The van der Waals surface area contributed by atoms with Crippen LogP contribution in [0.4, 0.5) is 0 Å². The van der Waals surface area contributed by atoms with E-state index in [4.69, 9.17) is 4.74 Å². The van der Waals surface area contributed by atoms with Crippen molar-refractivity contribution in [1.29, 1.82) is 0 Å². The molecule has 2 rings (SSSR count). The van der Waals surface area contributed by atoms with Crippen LogP contribution in [-0.4, -0.2) is 36.4 Å². The Bertz CT molecular complexity index is 517. The first-order chi connectivity index (χ1) is 11.2. The lowest BCUT2D eigenvalue weighted by molar-refractivity contribution is 0.0522. The molecular formula is C18H30IN3O2. The predicted molar refractivity (Wildman–Crippen MR) is 109 cm³/mol. The second-order valence-corrected chi connectivity index (χ2v) is 6.02. The fraction of sp³-hybridized carbons (Fsp3) is 0.611. The van der Waals surface area contributed by atoms with Gasteiger partial charge in [-0.25, -0.2) is 4.99 Å².